The Labute approximate surface area is 110 Å². The van der Waals surface area contributed by atoms with Crippen molar-refractivity contribution < 1.29 is 14.6 Å². The second kappa shape index (κ2) is 5.82. The molecule has 4 heteroatoms. The molecule has 0 saturated carbocycles. The van der Waals surface area contributed by atoms with Crippen LogP contribution in [-0.4, -0.2) is 11.1 Å². The van der Waals surface area contributed by atoms with Crippen molar-refractivity contribution >= 4 is 12.0 Å². The SMILES string of the molecule is O=C(O)C/C=C/c1ccc(-c2cc[n+]([O-])cc2)cc1. The van der Waals surface area contributed by atoms with Crippen molar-refractivity contribution in [2.24, 2.45) is 0 Å². The summed E-state index contributed by atoms with van der Waals surface area (Å²) in [7, 11) is 0. The summed E-state index contributed by atoms with van der Waals surface area (Å²) in [4.78, 5) is 10.4. The van der Waals surface area contributed by atoms with Crippen molar-refractivity contribution in [3.8, 4) is 11.1 Å². The zero-order chi connectivity index (χ0) is 13.7. The Morgan fingerprint density at radius 2 is 1.68 bits per heavy atom. The van der Waals surface area contributed by atoms with E-state index >= 15 is 0 Å². The standard InChI is InChI=1S/C15H13NO3/c17-15(18)3-1-2-12-4-6-13(7-5-12)14-8-10-16(19)11-9-14/h1-2,4-11H,3H2,(H,17,18)/b2-1+. The van der Waals surface area contributed by atoms with Gasteiger partial charge in [0.05, 0.1) is 6.42 Å². The van der Waals surface area contributed by atoms with Crippen LogP contribution in [0, 0.1) is 5.21 Å². The van der Waals surface area contributed by atoms with Gasteiger partial charge in [0, 0.05) is 12.1 Å². The van der Waals surface area contributed by atoms with Crippen LogP contribution in [0.3, 0.4) is 0 Å². The highest BCUT2D eigenvalue weighted by molar-refractivity contribution is 5.71. The molecule has 0 aliphatic carbocycles. The van der Waals surface area contributed by atoms with Crippen LogP contribution in [0.4, 0.5) is 0 Å². The molecule has 96 valence electrons. The molecule has 2 aromatic rings. The molecule has 0 spiro atoms. The highest BCUT2D eigenvalue weighted by atomic mass is 16.5. The van der Waals surface area contributed by atoms with Gasteiger partial charge in [-0.05, 0) is 16.7 Å². The van der Waals surface area contributed by atoms with Gasteiger partial charge in [-0.25, -0.2) is 0 Å². The largest absolute Gasteiger partial charge is 0.619 e. The maximum atomic E-state index is 10.9. The third-order valence-electron chi connectivity index (χ3n) is 2.65. The van der Waals surface area contributed by atoms with E-state index in [4.69, 9.17) is 5.11 Å². The minimum absolute atomic E-state index is 0.0178. The summed E-state index contributed by atoms with van der Waals surface area (Å²) in [5, 5.41) is 19.5. The fourth-order valence-electron chi connectivity index (χ4n) is 1.69. The molecule has 1 N–H and O–H groups in total. The molecule has 19 heavy (non-hydrogen) atoms. The van der Waals surface area contributed by atoms with Gasteiger partial charge in [-0.15, -0.1) is 0 Å². The average Bonchev–Trinajstić information content (AvgIpc) is 2.40. The van der Waals surface area contributed by atoms with Crippen LogP contribution in [0.5, 0.6) is 0 Å². The molecule has 0 radical (unpaired) electrons. The van der Waals surface area contributed by atoms with Crippen molar-refractivity contribution in [2.75, 3.05) is 0 Å². The molecular weight excluding hydrogens is 242 g/mol. The van der Waals surface area contributed by atoms with Crippen LogP contribution in [-0.2, 0) is 4.79 Å². The van der Waals surface area contributed by atoms with E-state index in [1.54, 1.807) is 24.3 Å². The van der Waals surface area contributed by atoms with Crippen LogP contribution in [0.15, 0.2) is 54.9 Å². The second-order valence-electron chi connectivity index (χ2n) is 4.07. The van der Waals surface area contributed by atoms with Gasteiger partial charge >= 0.3 is 5.97 Å². The highest BCUT2D eigenvalue weighted by Crippen LogP contribution is 2.18. The van der Waals surface area contributed by atoms with E-state index < -0.39 is 5.97 Å². The van der Waals surface area contributed by atoms with Gasteiger partial charge < -0.3 is 10.3 Å². The summed E-state index contributed by atoms with van der Waals surface area (Å²) in [6.07, 6.45) is 6.31. The Hall–Kier alpha value is -2.62. The Morgan fingerprint density at radius 3 is 2.26 bits per heavy atom. The predicted molar refractivity (Wildman–Crippen MR) is 72.1 cm³/mol. The molecule has 0 atom stereocenters. The van der Waals surface area contributed by atoms with Crippen LogP contribution in [0.25, 0.3) is 17.2 Å². The monoisotopic (exact) mass is 255 g/mol. The van der Waals surface area contributed by atoms with Gasteiger partial charge in [-0.3, -0.25) is 4.79 Å². The lowest BCUT2D eigenvalue weighted by atomic mass is 10.0. The van der Waals surface area contributed by atoms with E-state index in [1.807, 2.05) is 24.3 Å². The lowest BCUT2D eigenvalue weighted by Crippen LogP contribution is -2.23. The number of carbonyl (C=O) groups is 1. The molecule has 2 rings (SSSR count). The number of pyridine rings is 1. The van der Waals surface area contributed by atoms with E-state index in [2.05, 4.69) is 0 Å². The van der Waals surface area contributed by atoms with Gasteiger partial charge in [0.15, 0.2) is 12.4 Å². The van der Waals surface area contributed by atoms with E-state index in [0.717, 1.165) is 21.4 Å². The van der Waals surface area contributed by atoms with Crippen molar-refractivity contribution in [3.63, 3.8) is 0 Å². The molecule has 4 nitrogen and oxygen atoms in total. The normalized spacial score (nSPS) is 10.7. The van der Waals surface area contributed by atoms with Gasteiger partial charge in [0.25, 0.3) is 0 Å². The first-order chi connectivity index (χ1) is 9.15. The lowest BCUT2D eigenvalue weighted by Gasteiger charge is -2.02. The van der Waals surface area contributed by atoms with E-state index in [-0.39, 0.29) is 6.42 Å². The molecule has 1 heterocycles. The molecule has 0 amide bonds. The Balaban J connectivity index is 2.12. The topological polar surface area (TPSA) is 64.2 Å². The van der Waals surface area contributed by atoms with E-state index in [1.165, 1.54) is 12.4 Å². The number of benzene rings is 1. The number of nitrogens with zero attached hydrogens (tertiary/aromatic N) is 1. The Kier molecular flexibility index (Phi) is 3.93. The van der Waals surface area contributed by atoms with Gasteiger partial charge in [-0.1, -0.05) is 36.4 Å². The van der Waals surface area contributed by atoms with Crippen molar-refractivity contribution in [2.45, 2.75) is 6.42 Å². The maximum Gasteiger partial charge on any atom is 0.307 e. The molecule has 0 saturated heterocycles. The number of aliphatic carboxylic acids is 1. The average molecular weight is 255 g/mol. The number of rotatable bonds is 4. The quantitative estimate of drug-likeness (QED) is 0.674. The first kappa shape index (κ1) is 12.8. The first-order valence-corrected chi connectivity index (χ1v) is 5.83. The molecule has 0 aliphatic rings. The number of carboxylic acid groups (broad SMARTS) is 1. The second-order valence-corrected chi connectivity index (χ2v) is 4.07. The molecule has 0 fully saturated rings. The minimum atomic E-state index is -0.844. The fourth-order valence-corrected chi connectivity index (χ4v) is 1.69. The predicted octanol–water partition coefficient (Wildman–Crippen LogP) is 2.47. The highest BCUT2D eigenvalue weighted by Gasteiger charge is 1.99. The number of hydrogen-bond donors (Lipinski definition) is 1. The summed E-state index contributed by atoms with van der Waals surface area (Å²) in [6, 6.07) is 11.2. The Morgan fingerprint density at radius 1 is 1.11 bits per heavy atom. The summed E-state index contributed by atoms with van der Waals surface area (Å²) in [6.45, 7) is 0. The van der Waals surface area contributed by atoms with Crippen LogP contribution in [0.1, 0.15) is 12.0 Å². The van der Waals surface area contributed by atoms with Gasteiger partial charge in [0.1, 0.15) is 0 Å². The smallest absolute Gasteiger partial charge is 0.307 e. The van der Waals surface area contributed by atoms with Crippen LogP contribution < -0.4 is 4.73 Å². The molecule has 0 unspecified atom stereocenters. The lowest BCUT2D eigenvalue weighted by molar-refractivity contribution is -0.605. The first-order valence-electron chi connectivity index (χ1n) is 5.83. The van der Waals surface area contributed by atoms with Crippen molar-refractivity contribution in [1.29, 1.82) is 0 Å². The molecule has 0 aliphatic heterocycles. The van der Waals surface area contributed by atoms with Crippen molar-refractivity contribution in [3.05, 3.63) is 65.6 Å². The number of carboxylic acids is 1. The fraction of sp³-hybridized carbons (Fsp3) is 0.0667. The summed E-state index contributed by atoms with van der Waals surface area (Å²) in [5.41, 5.74) is 2.92. The molecule has 1 aromatic carbocycles. The Bertz CT molecular complexity index is 586. The summed E-state index contributed by atoms with van der Waals surface area (Å²) in [5.74, 6) is -0.844. The summed E-state index contributed by atoms with van der Waals surface area (Å²) < 4.78 is 0.743. The molecular formula is C15H13NO3. The van der Waals surface area contributed by atoms with Crippen LogP contribution >= 0.6 is 0 Å². The molecule has 0 bridgehead atoms. The van der Waals surface area contributed by atoms with E-state index in [9.17, 15) is 10.0 Å². The van der Waals surface area contributed by atoms with Crippen LogP contribution in [0.2, 0.25) is 0 Å². The third-order valence-corrected chi connectivity index (χ3v) is 2.65. The minimum Gasteiger partial charge on any atom is -0.619 e. The van der Waals surface area contributed by atoms with Gasteiger partial charge in [0.2, 0.25) is 0 Å². The third kappa shape index (κ3) is 3.67. The zero-order valence-corrected chi connectivity index (χ0v) is 10.2. The van der Waals surface area contributed by atoms with Gasteiger partial charge in [-0.2, -0.15) is 4.73 Å². The number of aromatic nitrogens is 1. The maximum absolute atomic E-state index is 10.9. The number of hydrogen-bond acceptors (Lipinski definition) is 2. The summed E-state index contributed by atoms with van der Waals surface area (Å²) >= 11 is 0. The molecule has 1 aromatic heterocycles. The van der Waals surface area contributed by atoms with Crippen molar-refractivity contribution in [1.82, 2.24) is 0 Å². The van der Waals surface area contributed by atoms with E-state index in [0.29, 0.717) is 0 Å². The zero-order valence-electron chi connectivity index (χ0n) is 10.2.